The van der Waals surface area contributed by atoms with Crippen LogP contribution in [0.3, 0.4) is 0 Å². The third-order valence-corrected chi connectivity index (χ3v) is 4.57. The molecule has 6 nitrogen and oxygen atoms in total. The Morgan fingerprint density at radius 3 is 2.63 bits per heavy atom. The van der Waals surface area contributed by atoms with Gasteiger partial charge >= 0.3 is 0 Å². The molecule has 0 saturated heterocycles. The molecule has 7 heteroatoms. The van der Waals surface area contributed by atoms with Gasteiger partial charge in [-0.3, -0.25) is 9.79 Å². The van der Waals surface area contributed by atoms with E-state index < -0.39 is 0 Å². The van der Waals surface area contributed by atoms with Crippen LogP contribution in [0.2, 0.25) is 0 Å². The zero-order valence-corrected chi connectivity index (χ0v) is 18.9. The number of amides is 1. The van der Waals surface area contributed by atoms with E-state index in [0.29, 0.717) is 31.5 Å². The Morgan fingerprint density at radius 1 is 1.26 bits per heavy atom. The van der Waals surface area contributed by atoms with Crippen LogP contribution in [0, 0.1) is 6.92 Å². The van der Waals surface area contributed by atoms with Crippen molar-refractivity contribution >= 4 is 35.8 Å². The van der Waals surface area contributed by atoms with Gasteiger partial charge in [0.25, 0.3) is 0 Å². The molecule has 3 N–H and O–H groups in total. The molecule has 1 fully saturated rings. The Balaban J connectivity index is 0.00000364. The second kappa shape index (κ2) is 12.8. The summed E-state index contributed by atoms with van der Waals surface area (Å²) in [5, 5.41) is 9.51. The van der Waals surface area contributed by atoms with Crippen LogP contribution in [-0.4, -0.2) is 44.1 Å². The van der Waals surface area contributed by atoms with E-state index in [4.69, 9.17) is 4.74 Å². The number of guanidine groups is 1. The highest BCUT2D eigenvalue weighted by atomic mass is 127. The highest BCUT2D eigenvalue weighted by Gasteiger charge is 2.16. The number of aliphatic imine (C=N–C) groups is 1. The minimum Gasteiger partial charge on any atom is -0.489 e. The molecule has 1 aliphatic rings. The number of nitrogens with one attached hydrogen (secondary N) is 3. The summed E-state index contributed by atoms with van der Waals surface area (Å²) in [7, 11) is 1.72. The maximum Gasteiger partial charge on any atom is 0.221 e. The second-order valence-electron chi connectivity index (χ2n) is 6.87. The quantitative estimate of drug-likeness (QED) is 0.299. The van der Waals surface area contributed by atoms with E-state index in [1.807, 2.05) is 38.1 Å². The van der Waals surface area contributed by atoms with E-state index >= 15 is 0 Å². The molecular weight excluding hydrogens is 455 g/mol. The second-order valence-corrected chi connectivity index (χ2v) is 6.87. The molecule has 1 saturated carbocycles. The lowest BCUT2D eigenvalue weighted by atomic mass is 10.2. The van der Waals surface area contributed by atoms with Crippen LogP contribution in [0.15, 0.2) is 29.3 Å². The number of para-hydroxylation sites is 1. The number of hydrogen-bond donors (Lipinski definition) is 3. The molecule has 1 aliphatic carbocycles. The van der Waals surface area contributed by atoms with Crippen LogP contribution in [0.4, 0.5) is 0 Å². The van der Waals surface area contributed by atoms with Crippen LogP contribution < -0.4 is 20.7 Å². The molecule has 1 atom stereocenters. The summed E-state index contributed by atoms with van der Waals surface area (Å²) in [4.78, 5) is 16.1. The first-order valence-electron chi connectivity index (χ1n) is 9.54. The van der Waals surface area contributed by atoms with Crippen LogP contribution in [-0.2, 0) is 4.79 Å². The van der Waals surface area contributed by atoms with Crippen molar-refractivity contribution in [3.63, 3.8) is 0 Å². The van der Waals surface area contributed by atoms with Crippen molar-refractivity contribution in [1.29, 1.82) is 0 Å². The maximum absolute atomic E-state index is 11.9. The van der Waals surface area contributed by atoms with Gasteiger partial charge < -0.3 is 20.7 Å². The molecule has 1 unspecified atom stereocenters. The number of carbonyl (C=O) groups is 1. The number of hydrogen-bond acceptors (Lipinski definition) is 3. The highest BCUT2D eigenvalue weighted by molar-refractivity contribution is 14.0. The molecule has 0 aliphatic heterocycles. The van der Waals surface area contributed by atoms with E-state index in [9.17, 15) is 4.79 Å². The van der Waals surface area contributed by atoms with Gasteiger partial charge in [0.05, 0.1) is 6.54 Å². The molecule has 0 aromatic heterocycles. The van der Waals surface area contributed by atoms with Crippen molar-refractivity contribution in [2.24, 2.45) is 4.99 Å². The predicted molar refractivity (Wildman–Crippen MR) is 121 cm³/mol. The zero-order valence-electron chi connectivity index (χ0n) is 16.6. The van der Waals surface area contributed by atoms with E-state index in [1.54, 1.807) is 7.05 Å². The van der Waals surface area contributed by atoms with Gasteiger partial charge in [-0.15, -0.1) is 24.0 Å². The first-order valence-corrected chi connectivity index (χ1v) is 9.54. The fourth-order valence-corrected chi connectivity index (χ4v) is 3.07. The molecular formula is C20H33IN4O2. The molecule has 27 heavy (non-hydrogen) atoms. The molecule has 1 aromatic rings. The highest BCUT2D eigenvalue weighted by Crippen LogP contribution is 2.18. The standard InChI is InChI=1S/C20H32N4O2.HI/c1-15-8-4-7-11-18(15)26-16(2)14-23-20(21-3)22-13-12-19(25)24-17-9-5-6-10-17;/h4,7-8,11,16-17H,5-6,9-10,12-14H2,1-3H3,(H,24,25)(H2,21,22,23);1H. The maximum atomic E-state index is 11.9. The van der Waals surface area contributed by atoms with E-state index in [0.717, 1.165) is 24.2 Å². The molecule has 0 heterocycles. The van der Waals surface area contributed by atoms with Gasteiger partial charge in [0.15, 0.2) is 5.96 Å². The summed E-state index contributed by atoms with van der Waals surface area (Å²) in [5.74, 6) is 1.68. The Labute approximate surface area is 179 Å². The summed E-state index contributed by atoms with van der Waals surface area (Å²) < 4.78 is 5.95. The van der Waals surface area contributed by atoms with Crippen LogP contribution in [0.25, 0.3) is 0 Å². The van der Waals surface area contributed by atoms with Crippen molar-refractivity contribution in [2.45, 2.75) is 58.1 Å². The molecule has 1 amide bonds. The number of carbonyl (C=O) groups excluding carboxylic acids is 1. The first-order chi connectivity index (χ1) is 12.6. The molecule has 0 radical (unpaired) electrons. The van der Waals surface area contributed by atoms with Crippen molar-refractivity contribution in [2.75, 3.05) is 20.1 Å². The third-order valence-electron chi connectivity index (χ3n) is 4.57. The van der Waals surface area contributed by atoms with Gasteiger partial charge in [0, 0.05) is 26.1 Å². The van der Waals surface area contributed by atoms with Gasteiger partial charge in [0.1, 0.15) is 11.9 Å². The van der Waals surface area contributed by atoms with Crippen molar-refractivity contribution in [1.82, 2.24) is 16.0 Å². The number of aryl methyl sites for hydroxylation is 1. The van der Waals surface area contributed by atoms with E-state index in [-0.39, 0.29) is 36.0 Å². The predicted octanol–water partition coefficient (Wildman–Crippen LogP) is 2.99. The lowest BCUT2D eigenvalue weighted by Crippen LogP contribution is -2.43. The smallest absolute Gasteiger partial charge is 0.221 e. The fourth-order valence-electron chi connectivity index (χ4n) is 3.07. The zero-order chi connectivity index (χ0) is 18.8. The number of benzene rings is 1. The van der Waals surface area contributed by atoms with Gasteiger partial charge in [-0.1, -0.05) is 31.0 Å². The topological polar surface area (TPSA) is 74.8 Å². The van der Waals surface area contributed by atoms with E-state index in [1.165, 1.54) is 12.8 Å². The summed E-state index contributed by atoms with van der Waals surface area (Å²) in [6.45, 7) is 5.24. The average molecular weight is 488 g/mol. The van der Waals surface area contributed by atoms with Gasteiger partial charge in [-0.25, -0.2) is 0 Å². The SMILES string of the molecule is CN=C(NCCC(=O)NC1CCCC1)NCC(C)Oc1ccccc1C.I. The normalized spacial score (nSPS) is 15.6. The average Bonchev–Trinajstić information content (AvgIpc) is 3.12. The number of halogens is 1. The molecule has 1 aromatic carbocycles. The molecule has 0 spiro atoms. The minimum absolute atomic E-state index is 0. The van der Waals surface area contributed by atoms with Crippen LogP contribution in [0.1, 0.15) is 44.6 Å². The van der Waals surface area contributed by atoms with Crippen molar-refractivity contribution in [3.05, 3.63) is 29.8 Å². The lowest BCUT2D eigenvalue weighted by Gasteiger charge is -2.19. The number of ether oxygens (including phenoxy) is 1. The van der Waals surface area contributed by atoms with Crippen molar-refractivity contribution < 1.29 is 9.53 Å². The van der Waals surface area contributed by atoms with Crippen LogP contribution >= 0.6 is 24.0 Å². The van der Waals surface area contributed by atoms with E-state index in [2.05, 4.69) is 20.9 Å². The molecule has 152 valence electrons. The Kier molecular flexibility index (Phi) is 11.2. The van der Waals surface area contributed by atoms with Crippen LogP contribution in [0.5, 0.6) is 5.75 Å². The number of nitrogens with zero attached hydrogens (tertiary/aromatic N) is 1. The summed E-state index contributed by atoms with van der Waals surface area (Å²) in [6, 6.07) is 8.35. The molecule has 0 bridgehead atoms. The monoisotopic (exact) mass is 488 g/mol. The lowest BCUT2D eigenvalue weighted by molar-refractivity contribution is -0.121. The minimum atomic E-state index is 0. The summed E-state index contributed by atoms with van der Waals surface area (Å²) >= 11 is 0. The van der Waals surface area contributed by atoms with Gasteiger partial charge in [-0.2, -0.15) is 0 Å². The Morgan fingerprint density at radius 2 is 1.96 bits per heavy atom. The largest absolute Gasteiger partial charge is 0.489 e. The van der Waals surface area contributed by atoms with Crippen molar-refractivity contribution in [3.8, 4) is 5.75 Å². The molecule has 2 rings (SSSR count). The summed E-state index contributed by atoms with van der Waals surface area (Å²) in [5.41, 5.74) is 1.12. The Bertz CT molecular complexity index is 603. The van der Waals surface area contributed by atoms with Gasteiger partial charge in [0.2, 0.25) is 5.91 Å². The van der Waals surface area contributed by atoms with Gasteiger partial charge in [-0.05, 0) is 38.3 Å². The first kappa shape index (κ1) is 23.5. The fraction of sp³-hybridized carbons (Fsp3) is 0.600. The Hall–Kier alpha value is -1.51. The third kappa shape index (κ3) is 8.81. The summed E-state index contributed by atoms with van der Waals surface area (Å²) in [6.07, 6.45) is 5.13. The number of rotatable bonds is 8.